The number of benzene rings is 5. The molecule has 6 aromatic rings. The van der Waals surface area contributed by atoms with Gasteiger partial charge in [-0.15, -0.1) is 0 Å². The number of aliphatic imine (C=N–C) groups is 1. The summed E-state index contributed by atoms with van der Waals surface area (Å²) in [4.78, 5) is 4.51. The zero-order valence-corrected chi connectivity index (χ0v) is 36.4. The molecule has 0 radical (unpaired) electrons. The fraction of sp³-hybridized carbons (Fsp3) is 0.237. The molecule has 0 saturated heterocycles. The first-order valence-corrected chi connectivity index (χ1v) is 22.6. The molecular weight excluding hydrogens is 755 g/mol. The number of ether oxygens (including phenoxy) is 1. The molecule has 0 bridgehead atoms. The lowest BCUT2D eigenvalue weighted by Crippen LogP contribution is -2.35. The van der Waals surface area contributed by atoms with Crippen LogP contribution in [-0.4, -0.2) is 18.4 Å². The lowest BCUT2D eigenvalue weighted by molar-refractivity contribution is 0.0116. The highest BCUT2D eigenvalue weighted by molar-refractivity contribution is 5.87. The van der Waals surface area contributed by atoms with E-state index >= 15 is 0 Å². The molecule has 1 aliphatic heterocycles. The second-order valence-electron chi connectivity index (χ2n) is 17.9. The lowest BCUT2D eigenvalue weighted by atomic mass is 9.78. The van der Waals surface area contributed by atoms with E-state index in [0.717, 1.165) is 30.3 Å². The monoisotopic (exact) mass is 809 g/mol. The van der Waals surface area contributed by atoms with Gasteiger partial charge in [-0.2, -0.15) is 0 Å². The molecule has 3 nitrogen and oxygen atoms in total. The number of furan rings is 1. The quantitative estimate of drug-likeness (QED) is 0.136. The van der Waals surface area contributed by atoms with Crippen LogP contribution in [0.3, 0.4) is 0 Å². The molecule has 1 aromatic heterocycles. The Balaban J connectivity index is 0.928. The molecule has 10 rings (SSSR count). The Morgan fingerprint density at radius 2 is 1.69 bits per heavy atom. The highest BCUT2D eigenvalue weighted by atomic mass is 16.5. The Morgan fingerprint density at radius 1 is 0.855 bits per heavy atom. The number of fused-ring (bicyclic) bond motifs is 4. The summed E-state index contributed by atoms with van der Waals surface area (Å²) in [5.74, 6) is 1.12. The van der Waals surface area contributed by atoms with E-state index in [2.05, 4.69) is 184 Å². The topological polar surface area (TPSA) is 34.7 Å². The molecule has 3 heteroatoms. The van der Waals surface area contributed by atoms with Crippen molar-refractivity contribution in [3.8, 4) is 22.3 Å². The Bertz CT molecular complexity index is 3010. The zero-order chi connectivity index (χ0) is 42.2. The van der Waals surface area contributed by atoms with Crippen LogP contribution in [0.2, 0.25) is 0 Å². The zero-order valence-electron chi connectivity index (χ0n) is 36.4. The van der Waals surface area contributed by atoms with Crippen molar-refractivity contribution in [1.29, 1.82) is 0 Å². The number of nitrogens with zero attached hydrogens (tertiary/aromatic N) is 1. The molecule has 4 aliphatic rings. The van der Waals surface area contributed by atoms with Gasteiger partial charge in [0.1, 0.15) is 11.0 Å². The second kappa shape index (κ2) is 16.9. The third-order valence-corrected chi connectivity index (χ3v) is 13.5. The van der Waals surface area contributed by atoms with Crippen LogP contribution >= 0.6 is 0 Å². The maximum atomic E-state index is 6.48. The molecule has 0 spiro atoms. The number of aryl methyl sites for hydroxylation is 1. The fourth-order valence-corrected chi connectivity index (χ4v) is 9.83. The maximum Gasteiger partial charge on any atom is 0.135 e. The van der Waals surface area contributed by atoms with Gasteiger partial charge in [0.25, 0.3) is 0 Å². The lowest BCUT2D eigenvalue weighted by Gasteiger charge is -2.36. The predicted molar refractivity (Wildman–Crippen MR) is 261 cm³/mol. The van der Waals surface area contributed by atoms with Gasteiger partial charge in [-0.05, 0) is 161 Å². The molecule has 3 atom stereocenters. The van der Waals surface area contributed by atoms with Gasteiger partial charge in [-0.3, -0.25) is 4.99 Å². The molecule has 1 saturated carbocycles. The van der Waals surface area contributed by atoms with Crippen LogP contribution in [0.4, 0.5) is 0 Å². The molecular formula is C59H55NO2. The minimum Gasteiger partial charge on any atom is -0.456 e. The molecule has 2 heterocycles. The van der Waals surface area contributed by atoms with E-state index in [0.29, 0.717) is 12.5 Å². The number of rotatable bonds is 9. The van der Waals surface area contributed by atoms with Crippen LogP contribution in [0.1, 0.15) is 91.7 Å². The van der Waals surface area contributed by atoms with Crippen LogP contribution in [0.5, 0.6) is 0 Å². The van der Waals surface area contributed by atoms with E-state index in [-0.39, 0.29) is 17.4 Å². The van der Waals surface area contributed by atoms with Gasteiger partial charge in [0.2, 0.25) is 0 Å². The van der Waals surface area contributed by atoms with Gasteiger partial charge in [-0.25, -0.2) is 0 Å². The molecule has 0 N–H and O–H groups in total. The summed E-state index contributed by atoms with van der Waals surface area (Å²) in [6.07, 6.45) is 27.2. The van der Waals surface area contributed by atoms with Crippen molar-refractivity contribution >= 4 is 40.5 Å². The van der Waals surface area contributed by atoms with Crippen molar-refractivity contribution < 1.29 is 9.15 Å². The Labute approximate surface area is 366 Å². The second-order valence-corrected chi connectivity index (χ2v) is 17.9. The van der Waals surface area contributed by atoms with Gasteiger partial charge in [0.15, 0.2) is 0 Å². The summed E-state index contributed by atoms with van der Waals surface area (Å²) in [6, 6.07) is 40.8. The van der Waals surface area contributed by atoms with E-state index < -0.39 is 0 Å². The van der Waals surface area contributed by atoms with Gasteiger partial charge in [0.05, 0.1) is 12.2 Å². The third-order valence-electron chi connectivity index (χ3n) is 13.5. The molecule has 5 aromatic carbocycles. The van der Waals surface area contributed by atoms with Crippen molar-refractivity contribution in [1.82, 2.24) is 0 Å². The molecule has 62 heavy (non-hydrogen) atoms. The van der Waals surface area contributed by atoms with Gasteiger partial charge < -0.3 is 9.15 Å². The summed E-state index contributed by atoms with van der Waals surface area (Å²) >= 11 is 0. The van der Waals surface area contributed by atoms with Crippen molar-refractivity contribution in [3.05, 3.63) is 201 Å². The number of hydrogen-bond acceptors (Lipinski definition) is 3. The highest BCUT2D eigenvalue weighted by Gasteiger charge is 2.34. The first kappa shape index (κ1) is 39.8. The maximum absolute atomic E-state index is 6.48. The molecule has 1 fully saturated rings. The highest BCUT2D eigenvalue weighted by Crippen LogP contribution is 2.45. The van der Waals surface area contributed by atoms with Crippen LogP contribution in [0.25, 0.3) is 56.5 Å². The van der Waals surface area contributed by atoms with E-state index in [9.17, 15) is 0 Å². The number of hydrogen-bond donors (Lipinski definition) is 0. The molecule has 3 unspecified atom stereocenters. The molecule has 308 valence electrons. The number of allylic oxidation sites excluding steroid dienone is 6. The predicted octanol–water partition coefficient (Wildman–Crippen LogP) is 13.6. The molecule has 3 aliphatic carbocycles. The first-order valence-electron chi connectivity index (χ1n) is 22.6. The average molecular weight is 810 g/mol. The normalized spacial score (nSPS) is 21.8. The van der Waals surface area contributed by atoms with Crippen LogP contribution < -0.4 is 10.6 Å². The van der Waals surface area contributed by atoms with E-state index in [1.54, 1.807) is 0 Å². The summed E-state index contributed by atoms with van der Waals surface area (Å²) in [6.45, 7) is 9.32. The third kappa shape index (κ3) is 7.98. The largest absolute Gasteiger partial charge is 0.456 e. The van der Waals surface area contributed by atoms with Crippen LogP contribution in [-0.2, 0) is 11.2 Å². The van der Waals surface area contributed by atoms with E-state index in [1.165, 1.54) is 95.8 Å². The SMILES string of the molecule is C/C=C\C(=C/Cc1ccc(C2CC2)c(-c2ccccc2C)c1)c1ccc2oc3c(c2c1)=CC(c1cccc(-c2cccc(C4=CCC5(C)OC/C=C\N=CC(C)C5=C4)c2)c1)CC=3. The summed E-state index contributed by atoms with van der Waals surface area (Å²) in [5, 5.41) is 2.36. The molecule has 0 amide bonds. The minimum atomic E-state index is -0.342. The van der Waals surface area contributed by atoms with E-state index in [1.807, 2.05) is 18.5 Å². The fourth-order valence-electron chi connectivity index (χ4n) is 9.83. The van der Waals surface area contributed by atoms with Gasteiger partial charge >= 0.3 is 0 Å². The minimum absolute atomic E-state index is 0.180. The first-order chi connectivity index (χ1) is 30.3. The summed E-state index contributed by atoms with van der Waals surface area (Å²) < 4.78 is 12.9. The van der Waals surface area contributed by atoms with Gasteiger partial charge in [0, 0.05) is 34.9 Å². The Morgan fingerprint density at radius 3 is 2.55 bits per heavy atom. The van der Waals surface area contributed by atoms with Crippen molar-refractivity contribution in [3.63, 3.8) is 0 Å². The van der Waals surface area contributed by atoms with Crippen LogP contribution in [0.15, 0.2) is 167 Å². The van der Waals surface area contributed by atoms with Gasteiger partial charge in [-0.1, -0.05) is 134 Å². The Kier molecular flexibility index (Phi) is 10.8. The Hall–Kier alpha value is -6.29. The van der Waals surface area contributed by atoms with Crippen molar-refractivity contribution in [2.24, 2.45) is 10.9 Å². The average Bonchev–Trinajstić information content (AvgIpc) is 4.08. The summed E-state index contributed by atoms with van der Waals surface area (Å²) in [5.41, 5.74) is 18.4. The standard InChI is InChI=1S/C59H55NO2/c1-5-11-42(20-18-41-19-25-52(43-21-22-43)53(32-41)51-17-7-6-12-39(51)2)48-23-26-57-54(35-48)55-36-49(24-27-58(55)62-57)46-15-8-13-44(33-46)45-14-9-16-47(34-45)50-28-29-59(4)56(37-50)40(3)38-60-30-10-31-61-59/h5-17,19-20,23,25-28,30,32-38,40,43,49H,18,21-22,24,29,31H2,1-4H3/b11-5-,30-10-,42-20+,60-38?. The summed E-state index contributed by atoms with van der Waals surface area (Å²) in [7, 11) is 0. The smallest absolute Gasteiger partial charge is 0.135 e. The van der Waals surface area contributed by atoms with E-state index in [4.69, 9.17) is 9.15 Å². The van der Waals surface area contributed by atoms with Crippen molar-refractivity contribution in [2.75, 3.05) is 6.61 Å². The van der Waals surface area contributed by atoms with Crippen LogP contribution in [0, 0.1) is 12.8 Å². The van der Waals surface area contributed by atoms with Crippen molar-refractivity contribution in [2.45, 2.75) is 77.2 Å².